The van der Waals surface area contributed by atoms with Gasteiger partial charge in [-0.25, -0.2) is 4.98 Å². The van der Waals surface area contributed by atoms with Crippen LogP contribution in [0.4, 0.5) is 5.82 Å². The van der Waals surface area contributed by atoms with Crippen molar-refractivity contribution < 1.29 is 0 Å². The number of anilines is 1. The smallest absolute Gasteiger partial charge is 0.146 e. The van der Waals surface area contributed by atoms with Crippen LogP contribution in [0.3, 0.4) is 0 Å². The Morgan fingerprint density at radius 1 is 1.71 bits per heavy atom. The van der Waals surface area contributed by atoms with Gasteiger partial charge in [-0.3, -0.25) is 5.43 Å². The summed E-state index contributed by atoms with van der Waals surface area (Å²) in [5.41, 5.74) is 3.72. The highest BCUT2D eigenvalue weighted by molar-refractivity contribution is 6.28. The van der Waals surface area contributed by atoms with Gasteiger partial charge in [-0.1, -0.05) is 0 Å². The van der Waals surface area contributed by atoms with E-state index in [0.717, 1.165) is 6.21 Å². The van der Waals surface area contributed by atoms with Crippen molar-refractivity contribution in [3.8, 4) is 6.07 Å². The second-order valence-corrected chi connectivity index (χ2v) is 2.55. The minimum Gasteiger partial charge on any atom is -0.307 e. The topological polar surface area (TPSA) is 84.9 Å². The molecular weight excluding hydrogens is 178 g/mol. The highest BCUT2D eigenvalue weighted by Crippen LogP contribution is 2.03. The monoisotopic (exact) mass is 187 g/mol. The van der Waals surface area contributed by atoms with E-state index in [1.807, 2.05) is 6.07 Å². The van der Waals surface area contributed by atoms with E-state index in [-0.39, 0.29) is 0 Å². The first kappa shape index (κ1) is 9.86. The summed E-state index contributed by atoms with van der Waals surface area (Å²) in [7, 11) is 0. The van der Waals surface area contributed by atoms with Gasteiger partial charge >= 0.3 is 0 Å². The number of nitrogens with one attached hydrogen (secondary N) is 2. The van der Waals surface area contributed by atoms with E-state index >= 15 is 0 Å². The average Bonchev–Trinajstić information content (AvgIpc) is 2.26. The minimum atomic E-state index is 0.503. The highest BCUT2D eigenvalue weighted by atomic mass is 15.3. The van der Waals surface area contributed by atoms with E-state index < -0.39 is 0 Å². The molecule has 0 bridgehead atoms. The number of rotatable bonds is 3. The standard InChI is InChI=1S/C9H9N5/c1-7(4-10)13-14-9-3-2-8(5-11)6-12-9/h2-4,6,10H,1H3,(H,12,14)/b10-4?,13-7-. The molecule has 5 heteroatoms. The van der Waals surface area contributed by atoms with Crippen molar-refractivity contribution in [3.63, 3.8) is 0 Å². The van der Waals surface area contributed by atoms with Gasteiger partial charge in [-0.05, 0) is 19.1 Å². The van der Waals surface area contributed by atoms with Crippen LogP contribution in [-0.4, -0.2) is 16.9 Å². The molecule has 1 heterocycles. The SMILES string of the molecule is C/C(C=N)=N/Nc1ccc(C#N)cn1. The molecule has 0 atom stereocenters. The summed E-state index contributed by atoms with van der Waals surface area (Å²) in [5.74, 6) is 0.546. The van der Waals surface area contributed by atoms with Crippen molar-refractivity contribution in [3.05, 3.63) is 23.9 Å². The predicted molar refractivity (Wildman–Crippen MR) is 54.5 cm³/mol. The molecule has 0 fully saturated rings. The second kappa shape index (κ2) is 4.72. The molecule has 0 saturated heterocycles. The van der Waals surface area contributed by atoms with Crippen molar-refractivity contribution in [2.75, 3.05) is 5.43 Å². The maximum Gasteiger partial charge on any atom is 0.146 e. The number of aromatic nitrogens is 1. The number of nitrogens with zero attached hydrogens (tertiary/aromatic N) is 3. The number of hydrazone groups is 1. The number of nitriles is 1. The van der Waals surface area contributed by atoms with Crippen LogP contribution in [0.25, 0.3) is 0 Å². The Labute approximate surface area is 81.6 Å². The van der Waals surface area contributed by atoms with E-state index in [2.05, 4.69) is 15.5 Å². The van der Waals surface area contributed by atoms with Gasteiger partial charge in [0, 0.05) is 12.4 Å². The molecule has 70 valence electrons. The lowest BCUT2D eigenvalue weighted by Crippen LogP contribution is -1.99. The van der Waals surface area contributed by atoms with E-state index in [4.69, 9.17) is 10.7 Å². The van der Waals surface area contributed by atoms with Crippen LogP contribution in [0.2, 0.25) is 0 Å². The molecule has 0 aliphatic rings. The third kappa shape index (κ3) is 2.68. The van der Waals surface area contributed by atoms with Crippen LogP contribution in [0.1, 0.15) is 12.5 Å². The first-order chi connectivity index (χ1) is 6.76. The van der Waals surface area contributed by atoms with Gasteiger partial charge in [0.15, 0.2) is 0 Å². The Balaban J connectivity index is 2.70. The summed E-state index contributed by atoms with van der Waals surface area (Å²) in [4.78, 5) is 3.94. The van der Waals surface area contributed by atoms with Gasteiger partial charge in [-0.2, -0.15) is 10.4 Å². The summed E-state index contributed by atoms with van der Waals surface area (Å²) in [6.07, 6.45) is 2.59. The molecule has 2 N–H and O–H groups in total. The maximum atomic E-state index is 8.52. The molecule has 0 aliphatic heterocycles. The van der Waals surface area contributed by atoms with Crippen molar-refractivity contribution in [1.82, 2.24) is 4.98 Å². The lowest BCUT2D eigenvalue weighted by molar-refractivity contribution is 1.21. The maximum absolute atomic E-state index is 8.52. The Kier molecular flexibility index (Phi) is 3.33. The van der Waals surface area contributed by atoms with Crippen LogP contribution in [0.5, 0.6) is 0 Å². The fourth-order valence-corrected chi connectivity index (χ4v) is 0.704. The van der Waals surface area contributed by atoms with Gasteiger partial charge in [0.1, 0.15) is 11.9 Å². The first-order valence-corrected chi connectivity index (χ1v) is 3.93. The second-order valence-electron chi connectivity index (χ2n) is 2.55. The molecule has 0 amide bonds. The molecule has 0 saturated carbocycles. The van der Waals surface area contributed by atoms with Crippen LogP contribution in [-0.2, 0) is 0 Å². The quantitative estimate of drug-likeness (QED) is 0.553. The zero-order valence-electron chi connectivity index (χ0n) is 7.65. The summed E-state index contributed by atoms with van der Waals surface area (Å²) in [5, 5.41) is 19.2. The van der Waals surface area contributed by atoms with E-state index in [1.54, 1.807) is 19.1 Å². The first-order valence-electron chi connectivity index (χ1n) is 3.93. The summed E-state index contributed by atoms with van der Waals surface area (Å²) in [6.45, 7) is 1.70. The molecule has 0 unspecified atom stereocenters. The van der Waals surface area contributed by atoms with Gasteiger partial charge in [0.25, 0.3) is 0 Å². The largest absolute Gasteiger partial charge is 0.307 e. The molecule has 0 spiro atoms. The fraction of sp³-hybridized carbons (Fsp3) is 0.111. The Hall–Kier alpha value is -2.22. The number of pyridine rings is 1. The number of hydrogen-bond acceptors (Lipinski definition) is 5. The van der Waals surface area contributed by atoms with Crippen molar-refractivity contribution >= 4 is 17.7 Å². The predicted octanol–water partition coefficient (Wildman–Crippen LogP) is 1.39. The van der Waals surface area contributed by atoms with E-state index in [9.17, 15) is 0 Å². The summed E-state index contributed by atoms with van der Waals surface area (Å²) < 4.78 is 0. The van der Waals surface area contributed by atoms with Crippen molar-refractivity contribution in [1.29, 1.82) is 10.7 Å². The summed E-state index contributed by atoms with van der Waals surface area (Å²) >= 11 is 0. The fourth-order valence-electron chi connectivity index (χ4n) is 0.704. The molecule has 14 heavy (non-hydrogen) atoms. The number of hydrogen-bond donors (Lipinski definition) is 2. The van der Waals surface area contributed by atoms with Crippen LogP contribution in [0.15, 0.2) is 23.4 Å². The lowest BCUT2D eigenvalue weighted by Gasteiger charge is -1.98. The van der Waals surface area contributed by atoms with Gasteiger partial charge in [-0.15, -0.1) is 0 Å². The molecule has 1 aromatic heterocycles. The molecule has 1 rings (SSSR count). The lowest BCUT2D eigenvalue weighted by atomic mass is 10.3. The summed E-state index contributed by atoms with van der Waals surface area (Å²) in [6, 6.07) is 5.26. The zero-order chi connectivity index (χ0) is 10.4. The zero-order valence-corrected chi connectivity index (χ0v) is 7.65. The normalized spacial score (nSPS) is 10.4. The van der Waals surface area contributed by atoms with E-state index in [1.165, 1.54) is 6.20 Å². The Morgan fingerprint density at radius 2 is 2.50 bits per heavy atom. The van der Waals surface area contributed by atoms with Crippen LogP contribution in [0, 0.1) is 16.7 Å². The molecule has 5 nitrogen and oxygen atoms in total. The molecule has 1 aromatic rings. The molecule has 0 aromatic carbocycles. The van der Waals surface area contributed by atoms with Crippen LogP contribution >= 0.6 is 0 Å². The van der Waals surface area contributed by atoms with E-state index in [0.29, 0.717) is 17.1 Å². The van der Waals surface area contributed by atoms with Crippen molar-refractivity contribution in [2.24, 2.45) is 5.10 Å². The van der Waals surface area contributed by atoms with Gasteiger partial charge in [0.2, 0.25) is 0 Å². The average molecular weight is 187 g/mol. The third-order valence-electron chi connectivity index (χ3n) is 1.45. The minimum absolute atomic E-state index is 0.503. The molecule has 0 aliphatic carbocycles. The highest BCUT2D eigenvalue weighted by Gasteiger charge is 1.92. The van der Waals surface area contributed by atoms with Crippen molar-refractivity contribution in [2.45, 2.75) is 6.92 Å². The Morgan fingerprint density at radius 3 is 3.00 bits per heavy atom. The van der Waals surface area contributed by atoms with Gasteiger partial charge in [0.05, 0.1) is 11.3 Å². The third-order valence-corrected chi connectivity index (χ3v) is 1.45. The molecular formula is C9H9N5. The molecule has 0 radical (unpaired) electrons. The van der Waals surface area contributed by atoms with Crippen LogP contribution < -0.4 is 5.43 Å². The Bertz CT molecular complexity index is 385. The van der Waals surface area contributed by atoms with Gasteiger partial charge < -0.3 is 5.41 Å².